The molecule has 0 fully saturated rings. The van der Waals surface area contributed by atoms with Crippen LogP contribution in [0.25, 0.3) is 0 Å². The van der Waals surface area contributed by atoms with Crippen LogP contribution in [-0.2, 0) is 9.53 Å². The maximum atomic E-state index is 8.95. The molecule has 1 heterocycles. The Balaban J connectivity index is 0.000000148. The lowest BCUT2D eigenvalue weighted by molar-refractivity contribution is -0.126. The van der Waals surface area contributed by atoms with E-state index in [0.29, 0.717) is 6.47 Å². The molecule has 0 aromatic carbocycles. The summed E-state index contributed by atoms with van der Waals surface area (Å²) in [4.78, 5) is 8.95. The Hall–Kier alpha value is -1.39. The van der Waals surface area contributed by atoms with Gasteiger partial charge in [0.2, 0.25) is 0 Å². The molecule has 0 radical (unpaired) electrons. The van der Waals surface area contributed by atoms with E-state index < -0.39 is 0 Å². The summed E-state index contributed by atoms with van der Waals surface area (Å²) in [6, 6.07) is 0. The second-order valence-corrected chi connectivity index (χ2v) is 0.920. The van der Waals surface area contributed by atoms with Crippen molar-refractivity contribution < 1.29 is 14.1 Å². The molecule has 5 nitrogen and oxygen atoms in total. The molecule has 0 bridgehead atoms. The third-order valence-corrected chi connectivity index (χ3v) is 0.379. The molecule has 5 heteroatoms. The summed E-state index contributed by atoms with van der Waals surface area (Å²) in [6.07, 6.45) is 2.88. The fourth-order valence-electron chi connectivity index (χ4n) is 0.136. The summed E-state index contributed by atoms with van der Waals surface area (Å²) in [6.45, 7) is 0.375. The number of carbonyl (C=O) groups excluding carboxylic acids is 1. The summed E-state index contributed by atoms with van der Waals surface area (Å²) in [7, 11) is 1.31. The molecule has 9 heavy (non-hydrogen) atoms. The second-order valence-electron chi connectivity index (χ2n) is 0.920. The second kappa shape index (κ2) is 6.61. The average Bonchev–Trinajstić information content (AvgIpc) is 2.43. The Bertz CT molecular complexity index is 111. The molecule has 0 saturated carbocycles. The first-order valence-corrected chi connectivity index (χ1v) is 2.09. The van der Waals surface area contributed by atoms with Crippen LogP contribution < -0.4 is 0 Å². The van der Waals surface area contributed by atoms with Gasteiger partial charge in [-0.25, -0.2) is 0 Å². The molecule has 1 aromatic heterocycles. The predicted molar refractivity (Wildman–Crippen MR) is 27.4 cm³/mol. The van der Waals surface area contributed by atoms with Crippen molar-refractivity contribution in [2.45, 2.75) is 0 Å². The van der Waals surface area contributed by atoms with Gasteiger partial charge in [-0.3, -0.25) is 4.79 Å². The summed E-state index contributed by atoms with van der Waals surface area (Å²) in [5, 5.41) is 6.40. The van der Waals surface area contributed by atoms with E-state index in [9.17, 15) is 0 Å². The molecule has 0 amide bonds. The maximum Gasteiger partial charge on any atom is 0.292 e. The maximum absolute atomic E-state index is 8.95. The van der Waals surface area contributed by atoms with Crippen molar-refractivity contribution in [2.24, 2.45) is 0 Å². The molecule has 0 N–H and O–H groups in total. The summed E-state index contributed by atoms with van der Waals surface area (Å²) in [5.74, 6) is 0. The Labute approximate surface area is 51.6 Å². The summed E-state index contributed by atoms with van der Waals surface area (Å²) < 4.78 is 8.08. The van der Waals surface area contributed by atoms with Crippen LogP contribution in [0.4, 0.5) is 0 Å². The van der Waals surface area contributed by atoms with E-state index >= 15 is 0 Å². The van der Waals surface area contributed by atoms with Crippen molar-refractivity contribution in [3.63, 3.8) is 0 Å². The average molecular weight is 130 g/mol. The number of hydrogen-bond acceptors (Lipinski definition) is 5. The highest BCUT2D eigenvalue weighted by Crippen LogP contribution is 1.64. The van der Waals surface area contributed by atoms with Gasteiger partial charge in [0.25, 0.3) is 6.47 Å². The van der Waals surface area contributed by atoms with Crippen molar-refractivity contribution in [1.82, 2.24) is 10.4 Å². The number of methoxy groups -OCH3 is 1. The zero-order chi connectivity index (χ0) is 6.95. The van der Waals surface area contributed by atoms with Crippen LogP contribution in [0.5, 0.6) is 0 Å². The van der Waals surface area contributed by atoms with Crippen LogP contribution >= 0.6 is 0 Å². The van der Waals surface area contributed by atoms with Gasteiger partial charge in [-0.15, -0.1) is 5.10 Å². The SMILES string of the molecule is COC=O.c1conn1. The van der Waals surface area contributed by atoms with Crippen molar-refractivity contribution in [3.8, 4) is 0 Å². The Morgan fingerprint density at radius 2 is 2.44 bits per heavy atom. The van der Waals surface area contributed by atoms with E-state index in [4.69, 9.17) is 4.79 Å². The molecular formula is C4H6N2O3. The first kappa shape index (κ1) is 7.61. The van der Waals surface area contributed by atoms with Gasteiger partial charge in [-0.1, -0.05) is 0 Å². The summed E-state index contributed by atoms with van der Waals surface area (Å²) in [5.41, 5.74) is 0. The van der Waals surface area contributed by atoms with Gasteiger partial charge in [-0.05, 0) is 0 Å². The van der Waals surface area contributed by atoms with Gasteiger partial charge in [0.05, 0.1) is 13.3 Å². The van der Waals surface area contributed by atoms with Crippen molar-refractivity contribution in [1.29, 1.82) is 0 Å². The molecule has 0 unspecified atom stereocenters. The number of nitrogens with zero attached hydrogens (tertiary/aromatic N) is 2. The van der Waals surface area contributed by atoms with E-state index in [1.165, 1.54) is 19.6 Å². The van der Waals surface area contributed by atoms with Crippen LogP contribution in [0, 0.1) is 0 Å². The molecule has 0 aliphatic rings. The van der Waals surface area contributed by atoms with Crippen LogP contribution in [0.1, 0.15) is 0 Å². The third kappa shape index (κ3) is 6.61. The van der Waals surface area contributed by atoms with Crippen LogP contribution in [0.2, 0.25) is 0 Å². The lowest BCUT2D eigenvalue weighted by Gasteiger charge is -1.67. The standard InChI is InChI=1S/C2H2N2O.C2H4O2/c1-2-5-4-3-1;1-4-2-3/h1-2H;2H,1H3. The quantitative estimate of drug-likeness (QED) is 0.495. The third-order valence-electron chi connectivity index (χ3n) is 0.379. The van der Waals surface area contributed by atoms with E-state index in [-0.39, 0.29) is 0 Å². The molecule has 50 valence electrons. The minimum absolute atomic E-state index is 0.375. The number of ether oxygens (including phenoxy) is 1. The number of hydrogen-bond donors (Lipinski definition) is 0. The number of aromatic nitrogens is 2. The highest BCUT2D eigenvalue weighted by Gasteiger charge is 1.61. The normalized spacial score (nSPS) is 6.78. The predicted octanol–water partition coefficient (Wildman–Crippen LogP) is -0.141. The number of carbonyl (C=O) groups is 1. The van der Waals surface area contributed by atoms with Gasteiger partial charge in [-0.2, -0.15) is 0 Å². The monoisotopic (exact) mass is 130 g/mol. The molecule has 0 aliphatic heterocycles. The Morgan fingerprint density at radius 1 is 1.78 bits per heavy atom. The van der Waals surface area contributed by atoms with E-state index in [0.717, 1.165) is 0 Å². The lowest BCUT2D eigenvalue weighted by Crippen LogP contribution is -1.68. The minimum atomic E-state index is 0.375. The molecule has 0 spiro atoms. The lowest BCUT2D eigenvalue weighted by atomic mass is 11.0. The van der Waals surface area contributed by atoms with Gasteiger partial charge in [0.1, 0.15) is 6.26 Å². The molecular weight excluding hydrogens is 124 g/mol. The fraction of sp³-hybridized carbons (Fsp3) is 0.250. The molecule has 0 saturated heterocycles. The molecule has 1 aromatic rings. The van der Waals surface area contributed by atoms with Gasteiger partial charge in [0.15, 0.2) is 0 Å². The van der Waals surface area contributed by atoms with Crippen molar-refractivity contribution in [3.05, 3.63) is 12.5 Å². The summed E-state index contributed by atoms with van der Waals surface area (Å²) >= 11 is 0. The number of rotatable bonds is 1. The van der Waals surface area contributed by atoms with Crippen molar-refractivity contribution >= 4 is 6.47 Å². The highest BCUT2D eigenvalue weighted by molar-refractivity contribution is 5.36. The topological polar surface area (TPSA) is 65.2 Å². The minimum Gasteiger partial charge on any atom is -0.471 e. The van der Waals surface area contributed by atoms with E-state index in [1.54, 1.807) is 0 Å². The van der Waals surface area contributed by atoms with E-state index in [2.05, 4.69) is 19.6 Å². The van der Waals surface area contributed by atoms with Crippen LogP contribution in [0.3, 0.4) is 0 Å². The van der Waals surface area contributed by atoms with Crippen LogP contribution in [-0.4, -0.2) is 24.0 Å². The van der Waals surface area contributed by atoms with Gasteiger partial charge in [0, 0.05) is 5.27 Å². The first-order valence-electron chi connectivity index (χ1n) is 2.09. The van der Waals surface area contributed by atoms with Crippen LogP contribution in [0.15, 0.2) is 17.0 Å². The van der Waals surface area contributed by atoms with Crippen molar-refractivity contribution in [2.75, 3.05) is 7.11 Å². The Kier molecular flexibility index (Phi) is 5.59. The largest absolute Gasteiger partial charge is 0.471 e. The first-order chi connectivity index (χ1) is 4.41. The zero-order valence-electron chi connectivity index (χ0n) is 4.85. The van der Waals surface area contributed by atoms with Gasteiger partial charge >= 0.3 is 0 Å². The zero-order valence-corrected chi connectivity index (χ0v) is 4.85. The Morgan fingerprint density at radius 3 is 2.56 bits per heavy atom. The molecule has 0 atom stereocenters. The molecule has 1 rings (SSSR count). The fourth-order valence-corrected chi connectivity index (χ4v) is 0.136. The van der Waals surface area contributed by atoms with E-state index in [1.807, 2.05) is 0 Å². The molecule has 0 aliphatic carbocycles. The smallest absolute Gasteiger partial charge is 0.292 e. The highest BCUT2D eigenvalue weighted by atomic mass is 16.5. The van der Waals surface area contributed by atoms with Gasteiger partial charge < -0.3 is 9.26 Å².